The first-order chi connectivity index (χ1) is 6.18. The lowest BCUT2D eigenvalue weighted by molar-refractivity contribution is -0.120. The van der Waals surface area contributed by atoms with Crippen LogP contribution in [-0.2, 0) is 11.2 Å². The molecule has 0 fully saturated rings. The Balaban J connectivity index is 2.26. The predicted molar refractivity (Wildman–Crippen MR) is 52.7 cm³/mol. The van der Waals surface area contributed by atoms with Crippen LogP contribution in [0, 0.1) is 0 Å². The summed E-state index contributed by atoms with van der Waals surface area (Å²) >= 11 is 1.58. The Bertz CT molecular complexity index is 257. The maximum Gasteiger partial charge on any atom is 0.224 e. The molecule has 13 heavy (non-hydrogen) atoms. The second-order valence-corrected chi connectivity index (χ2v) is 3.74. The van der Waals surface area contributed by atoms with Crippen LogP contribution in [0.1, 0.15) is 12.5 Å². The van der Waals surface area contributed by atoms with E-state index in [1.807, 2.05) is 16.8 Å². The van der Waals surface area contributed by atoms with E-state index in [1.165, 1.54) is 0 Å². The van der Waals surface area contributed by atoms with E-state index in [9.17, 15) is 4.79 Å². The van der Waals surface area contributed by atoms with Crippen LogP contribution < -0.4 is 5.32 Å². The van der Waals surface area contributed by atoms with Gasteiger partial charge < -0.3 is 10.4 Å². The molecule has 0 aliphatic rings. The zero-order valence-electron chi connectivity index (χ0n) is 7.49. The number of nitrogens with one attached hydrogen (secondary N) is 1. The molecule has 72 valence electrons. The summed E-state index contributed by atoms with van der Waals surface area (Å²) in [5.74, 6) is -0.0423. The Morgan fingerprint density at radius 1 is 1.77 bits per heavy atom. The first-order valence-corrected chi connectivity index (χ1v) is 5.08. The van der Waals surface area contributed by atoms with Crippen LogP contribution in [0.5, 0.6) is 0 Å². The lowest BCUT2D eigenvalue weighted by Crippen LogP contribution is -2.31. The van der Waals surface area contributed by atoms with Gasteiger partial charge in [-0.3, -0.25) is 4.79 Å². The minimum absolute atomic E-state index is 0.0423. The number of hydrogen-bond donors (Lipinski definition) is 2. The molecule has 0 bridgehead atoms. The van der Waals surface area contributed by atoms with Crippen molar-refractivity contribution in [3.63, 3.8) is 0 Å². The molecule has 1 amide bonds. The van der Waals surface area contributed by atoms with Gasteiger partial charge in [-0.25, -0.2) is 0 Å². The van der Waals surface area contributed by atoms with Gasteiger partial charge in [0.2, 0.25) is 5.91 Å². The number of aliphatic hydroxyl groups excluding tert-OH is 1. The molecule has 0 aromatic carbocycles. The van der Waals surface area contributed by atoms with Crippen LogP contribution in [0.25, 0.3) is 0 Å². The highest BCUT2D eigenvalue weighted by atomic mass is 32.1. The van der Waals surface area contributed by atoms with Crippen molar-refractivity contribution in [2.75, 3.05) is 6.54 Å². The normalized spacial score (nSPS) is 12.5. The molecule has 0 saturated carbocycles. The lowest BCUT2D eigenvalue weighted by Gasteiger charge is -2.05. The zero-order valence-corrected chi connectivity index (χ0v) is 8.30. The van der Waals surface area contributed by atoms with E-state index in [1.54, 1.807) is 18.3 Å². The number of aliphatic hydroxyl groups is 1. The molecule has 1 rings (SSSR count). The second-order valence-electron chi connectivity index (χ2n) is 2.96. The molecular weight excluding hydrogens is 186 g/mol. The number of thiophene rings is 1. The highest BCUT2D eigenvalue weighted by Gasteiger charge is 2.03. The topological polar surface area (TPSA) is 49.3 Å². The van der Waals surface area contributed by atoms with Crippen molar-refractivity contribution in [3.05, 3.63) is 22.4 Å². The summed E-state index contributed by atoms with van der Waals surface area (Å²) in [7, 11) is 0. The molecule has 1 atom stereocenters. The lowest BCUT2D eigenvalue weighted by atomic mass is 10.2. The van der Waals surface area contributed by atoms with Gasteiger partial charge in [0.05, 0.1) is 12.5 Å². The monoisotopic (exact) mass is 199 g/mol. The van der Waals surface area contributed by atoms with Crippen molar-refractivity contribution >= 4 is 17.2 Å². The van der Waals surface area contributed by atoms with E-state index in [2.05, 4.69) is 5.32 Å². The fourth-order valence-corrected chi connectivity index (χ4v) is 1.57. The second kappa shape index (κ2) is 4.99. The molecule has 2 N–H and O–H groups in total. The van der Waals surface area contributed by atoms with E-state index in [4.69, 9.17) is 5.11 Å². The molecule has 0 aliphatic heterocycles. The van der Waals surface area contributed by atoms with Crippen molar-refractivity contribution in [2.24, 2.45) is 0 Å². The molecule has 4 heteroatoms. The summed E-state index contributed by atoms with van der Waals surface area (Å²) in [6.07, 6.45) is -0.0811. The van der Waals surface area contributed by atoms with Gasteiger partial charge in [0, 0.05) is 6.54 Å². The molecule has 0 unspecified atom stereocenters. The Hall–Kier alpha value is -0.870. The van der Waals surface area contributed by atoms with Crippen molar-refractivity contribution in [1.29, 1.82) is 0 Å². The Morgan fingerprint density at radius 3 is 3.08 bits per heavy atom. The van der Waals surface area contributed by atoms with Crippen LogP contribution in [-0.4, -0.2) is 23.7 Å². The van der Waals surface area contributed by atoms with Crippen LogP contribution in [0.4, 0.5) is 0 Å². The fourth-order valence-electron chi connectivity index (χ4n) is 0.903. The maximum absolute atomic E-state index is 11.2. The minimum Gasteiger partial charge on any atom is -0.392 e. The average Bonchev–Trinajstić information content (AvgIpc) is 2.53. The number of amides is 1. The third kappa shape index (κ3) is 4.05. The Labute approximate surface area is 81.4 Å². The van der Waals surface area contributed by atoms with E-state index in [0.29, 0.717) is 13.0 Å². The smallest absolute Gasteiger partial charge is 0.224 e. The summed E-state index contributed by atoms with van der Waals surface area (Å²) in [5.41, 5.74) is 1.02. The molecule has 0 aliphatic carbocycles. The highest BCUT2D eigenvalue weighted by Crippen LogP contribution is 2.05. The Morgan fingerprint density at radius 2 is 2.54 bits per heavy atom. The van der Waals surface area contributed by atoms with Gasteiger partial charge in [-0.15, -0.1) is 0 Å². The predicted octanol–water partition coefficient (Wildman–Crippen LogP) is 0.788. The van der Waals surface area contributed by atoms with Crippen LogP contribution >= 0.6 is 11.3 Å². The van der Waals surface area contributed by atoms with Gasteiger partial charge in [-0.05, 0) is 29.3 Å². The van der Waals surface area contributed by atoms with Gasteiger partial charge in [-0.2, -0.15) is 11.3 Å². The molecule has 0 spiro atoms. The van der Waals surface area contributed by atoms with Crippen LogP contribution in [0.3, 0.4) is 0 Å². The number of rotatable bonds is 4. The van der Waals surface area contributed by atoms with Gasteiger partial charge in [0.25, 0.3) is 0 Å². The summed E-state index contributed by atoms with van der Waals surface area (Å²) in [5, 5.41) is 15.4. The van der Waals surface area contributed by atoms with Crippen molar-refractivity contribution in [2.45, 2.75) is 19.4 Å². The van der Waals surface area contributed by atoms with Gasteiger partial charge in [0.1, 0.15) is 0 Å². The minimum atomic E-state index is -0.480. The summed E-state index contributed by atoms with van der Waals surface area (Å²) in [6.45, 7) is 1.97. The summed E-state index contributed by atoms with van der Waals surface area (Å²) < 4.78 is 0. The van der Waals surface area contributed by atoms with Crippen LogP contribution in [0.15, 0.2) is 16.8 Å². The quantitative estimate of drug-likeness (QED) is 0.753. The van der Waals surface area contributed by atoms with Crippen molar-refractivity contribution in [3.8, 4) is 0 Å². The molecular formula is C9H13NO2S. The van der Waals surface area contributed by atoms with Gasteiger partial charge >= 0.3 is 0 Å². The first kappa shape index (κ1) is 10.2. The third-order valence-corrected chi connectivity index (χ3v) is 2.27. The Kier molecular flexibility index (Phi) is 3.92. The number of carbonyl (C=O) groups is 1. The summed E-state index contributed by atoms with van der Waals surface area (Å²) in [6, 6.07) is 1.92. The highest BCUT2D eigenvalue weighted by molar-refractivity contribution is 7.07. The maximum atomic E-state index is 11.2. The molecule has 3 nitrogen and oxygen atoms in total. The van der Waals surface area contributed by atoms with E-state index in [0.717, 1.165) is 5.56 Å². The molecule has 1 aromatic heterocycles. The number of hydrogen-bond acceptors (Lipinski definition) is 3. The van der Waals surface area contributed by atoms with Crippen molar-refractivity contribution < 1.29 is 9.90 Å². The molecule has 0 saturated heterocycles. The summed E-state index contributed by atoms with van der Waals surface area (Å²) in [4.78, 5) is 11.2. The van der Waals surface area contributed by atoms with Gasteiger partial charge in [-0.1, -0.05) is 0 Å². The van der Waals surface area contributed by atoms with E-state index in [-0.39, 0.29) is 5.91 Å². The molecule has 1 heterocycles. The number of carbonyl (C=O) groups excluding carboxylic acids is 1. The van der Waals surface area contributed by atoms with Crippen molar-refractivity contribution in [1.82, 2.24) is 5.32 Å². The third-order valence-electron chi connectivity index (χ3n) is 1.54. The van der Waals surface area contributed by atoms with E-state index < -0.39 is 6.10 Å². The molecule has 1 aromatic rings. The SMILES string of the molecule is C[C@H](O)CNC(=O)Cc1ccsc1. The van der Waals surface area contributed by atoms with E-state index >= 15 is 0 Å². The molecule has 0 radical (unpaired) electrons. The van der Waals surface area contributed by atoms with Gasteiger partial charge in [0.15, 0.2) is 0 Å². The standard InChI is InChI=1S/C9H13NO2S/c1-7(11)5-10-9(12)4-8-2-3-13-6-8/h2-3,6-7,11H,4-5H2,1H3,(H,10,12)/t7-/m0/s1. The van der Waals surface area contributed by atoms with Crippen LogP contribution in [0.2, 0.25) is 0 Å². The largest absolute Gasteiger partial charge is 0.392 e. The average molecular weight is 199 g/mol. The first-order valence-electron chi connectivity index (χ1n) is 4.14. The fraction of sp³-hybridized carbons (Fsp3) is 0.444. The zero-order chi connectivity index (χ0) is 9.68.